The molecule has 0 saturated carbocycles. The first-order valence-electron chi connectivity index (χ1n) is 8.08. The number of carbonyl (C=O) groups excluding carboxylic acids is 1. The Bertz CT molecular complexity index is 712. The molecule has 11 heteroatoms. The maximum absolute atomic E-state index is 12.4. The first-order valence-corrected chi connectivity index (χ1v) is 8.08. The van der Waals surface area contributed by atoms with E-state index in [0.717, 1.165) is 11.4 Å². The predicted molar refractivity (Wildman–Crippen MR) is 87.1 cm³/mol. The van der Waals surface area contributed by atoms with Crippen LogP contribution in [0.15, 0.2) is 12.3 Å². The van der Waals surface area contributed by atoms with Gasteiger partial charge in [-0.05, 0) is 12.5 Å². The van der Waals surface area contributed by atoms with E-state index in [-0.39, 0.29) is 19.5 Å². The molecule has 0 bridgehead atoms. The van der Waals surface area contributed by atoms with Crippen molar-refractivity contribution in [3.05, 3.63) is 12.3 Å². The highest BCUT2D eigenvalue weighted by Gasteiger charge is 2.41. The number of carboxylic acids is 1. The van der Waals surface area contributed by atoms with E-state index >= 15 is 0 Å². The Labute approximate surface area is 147 Å². The number of anilines is 3. The van der Waals surface area contributed by atoms with Gasteiger partial charge < -0.3 is 25.5 Å². The molecule has 3 heterocycles. The first kappa shape index (κ1) is 18.1. The maximum Gasteiger partial charge on any atom is 0.471 e. The Balaban J connectivity index is 1.72. The van der Waals surface area contributed by atoms with Crippen molar-refractivity contribution in [2.45, 2.75) is 25.1 Å². The van der Waals surface area contributed by atoms with Crippen molar-refractivity contribution in [2.75, 3.05) is 41.4 Å². The van der Waals surface area contributed by atoms with Crippen molar-refractivity contribution in [1.29, 1.82) is 0 Å². The smallest absolute Gasteiger partial charge is 0.471 e. The third kappa shape index (κ3) is 3.75. The number of fused-ring (bicyclic) bond motifs is 1. The highest BCUT2D eigenvalue weighted by atomic mass is 19.4. The Kier molecular flexibility index (Phi) is 4.79. The molecule has 0 aliphatic carbocycles. The fraction of sp³-hybridized carbons (Fsp3) is 0.533. The molecule has 26 heavy (non-hydrogen) atoms. The minimum Gasteiger partial charge on any atom is -0.481 e. The van der Waals surface area contributed by atoms with Gasteiger partial charge in [-0.15, -0.1) is 0 Å². The van der Waals surface area contributed by atoms with Crippen molar-refractivity contribution in [1.82, 2.24) is 10.3 Å². The van der Waals surface area contributed by atoms with Crippen LogP contribution in [0, 0.1) is 0 Å². The van der Waals surface area contributed by atoms with Crippen LogP contribution in [0.4, 0.5) is 30.4 Å². The summed E-state index contributed by atoms with van der Waals surface area (Å²) in [6, 6.07) is 1.14. The van der Waals surface area contributed by atoms with Gasteiger partial charge in [0.1, 0.15) is 5.69 Å². The van der Waals surface area contributed by atoms with E-state index in [4.69, 9.17) is 5.11 Å². The van der Waals surface area contributed by atoms with E-state index in [9.17, 15) is 22.8 Å². The third-order valence-corrected chi connectivity index (χ3v) is 4.36. The number of alkyl halides is 3. The van der Waals surface area contributed by atoms with Crippen LogP contribution in [0.3, 0.4) is 0 Å². The van der Waals surface area contributed by atoms with Gasteiger partial charge >= 0.3 is 18.1 Å². The summed E-state index contributed by atoms with van der Waals surface area (Å²) < 4.78 is 37.2. The summed E-state index contributed by atoms with van der Waals surface area (Å²) in [5, 5.41) is 14.0. The molecule has 3 N–H and O–H groups in total. The van der Waals surface area contributed by atoms with Crippen LogP contribution < -0.4 is 20.4 Å². The standard InChI is InChI=1S/C15H18F3N5O3/c16-15(17,18)14(26)21-9-2-5-22(7-9)13-12-10(1-4-19-13)20-8-23(12)6-3-11(24)25/h1,4,9,20H,2-3,5-8H2,(H,21,26)(H,24,25). The van der Waals surface area contributed by atoms with Gasteiger partial charge in [0.25, 0.3) is 0 Å². The number of nitrogens with zero attached hydrogens (tertiary/aromatic N) is 3. The molecule has 1 saturated heterocycles. The molecule has 142 valence electrons. The molecule has 2 aliphatic rings. The van der Waals surface area contributed by atoms with Crippen molar-refractivity contribution in [3.63, 3.8) is 0 Å². The average molecular weight is 373 g/mol. The van der Waals surface area contributed by atoms with Crippen LogP contribution in [0.1, 0.15) is 12.8 Å². The first-order chi connectivity index (χ1) is 12.3. The summed E-state index contributed by atoms with van der Waals surface area (Å²) >= 11 is 0. The largest absolute Gasteiger partial charge is 0.481 e. The van der Waals surface area contributed by atoms with Crippen LogP contribution in [0.25, 0.3) is 0 Å². The lowest BCUT2D eigenvalue weighted by atomic mass is 10.2. The molecule has 8 nitrogen and oxygen atoms in total. The number of hydrogen-bond donors (Lipinski definition) is 3. The van der Waals surface area contributed by atoms with Gasteiger partial charge in [-0.2, -0.15) is 13.2 Å². The minimum atomic E-state index is -4.91. The highest BCUT2D eigenvalue weighted by Crippen LogP contribution is 2.39. The number of rotatable bonds is 5. The SMILES string of the molecule is O=C(O)CCN1CNc2ccnc(N3CCC(NC(=O)C(F)(F)F)C3)c21. The van der Waals surface area contributed by atoms with Gasteiger partial charge in [-0.25, -0.2) is 4.98 Å². The molecule has 0 spiro atoms. The molecule has 1 fully saturated rings. The van der Waals surface area contributed by atoms with Crippen molar-refractivity contribution >= 4 is 29.1 Å². The zero-order chi connectivity index (χ0) is 18.9. The number of nitrogens with one attached hydrogen (secondary N) is 2. The average Bonchev–Trinajstić information content (AvgIpc) is 3.18. The Morgan fingerprint density at radius 2 is 2.19 bits per heavy atom. The van der Waals surface area contributed by atoms with Crippen LogP contribution in [0.2, 0.25) is 0 Å². The summed E-state index contributed by atoms with van der Waals surface area (Å²) in [7, 11) is 0. The fourth-order valence-electron chi connectivity index (χ4n) is 3.15. The van der Waals surface area contributed by atoms with Crippen molar-refractivity contribution < 1.29 is 27.9 Å². The summed E-state index contributed by atoms with van der Waals surface area (Å²) in [5.74, 6) is -2.29. The molecule has 1 aromatic rings. The third-order valence-electron chi connectivity index (χ3n) is 4.36. The number of amides is 1. The summed E-state index contributed by atoms with van der Waals surface area (Å²) in [4.78, 5) is 29.9. The predicted octanol–water partition coefficient (Wildman–Crippen LogP) is 1.00. The molecule has 1 atom stereocenters. The van der Waals surface area contributed by atoms with Crippen LogP contribution in [0.5, 0.6) is 0 Å². The highest BCUT2D eigenvalue weighted by molar-refractivity contribution is 5.86. The Hall–Kier alpha value is -2.72. The topological polar surface area (TPSA) is 97.8 Å². The molecular weight excluding hydrogens is 355 g/mol. The van der Waals surface area contributed by atoms with Gasteiger partial charge in [0.05, 0.1) is 18.8 Å². The van der Waals surface area contributed by atoms with Crippen LogP contribution in [-0.4, -0.2) is 60.5 Å². The summed E-state index contributed by atoms with van der Waals surface area (Å²) in [6.45, 7) is 1.37. The molecule has 3 rings (SSSR count). The van der Waals surface area contributed by atoms with E-state index in [0.29, 0.717) is 25.5 Å². The van der Waals surface area contributed by atoms with Crippen molar-refractivity contribution in [2.24, 2.45) is 0 Å². The minimum absolute atomic E-state index is 0.0419. The number of pyridine rings is 1. The van der Waals surface area contributed by atoms with Crippen LogP contribution >= 0.6 is 0 Å². The Morgan fingerprint density at radius 3 is 2.88 bits per heavy atom. The molecule has 1 aromatic heterocycles. The van der Waals surface area contributed by atoms with Crippen LogP contribution in [-0.2, 0) is 9.59 Å². The number of aliphatic carboxylic acids is 1. The number of carboxylic acid groups (broad SMARTS) is 1. The summed E-state index contributed by atoms with van der Waals surface area (Å²) in [5.41, 5.74) is 1.53. The molecule has 1 amide bonds. The number of hydrogen-bond acceptors (Lipinski definition) is 6. The fourth-order valence-corrected chi connectivity index (χ4v) is 3.15. The van der Waals surface area contributed by atoms with Gasteiger partial charge in [0, 0.05) is 31.9 Å². The summed E-state index contributed by atoms with van der Waals surface area (Å²) in [6.07, 6.45) is -2.99. The van der Waals surface area contributed by atoms with Gasteiger partial charge in [-0.1, -0.05) is 0 Å². The lowest BCUT2D eigenvalue weighted by Gasteiger charge is -2.25. The zero-order valence-electron chi connectivity index (χ0n) is 13.7. The second-order valence-electron chi connectivity index (χ2n) is 6.18. The monoisotopic (exact) mass is 373 g/mol. The van der Waals surface area contributed by atoms with Gasteiger partial charge in [0.15, 0.2) is 5.82 Å². The molecule has 1 unspecified atom stereocenters. The van der Waals surface area contributed by atoms with E-state index in [1.54, 1.807) is 17.2 Å². The quantitative estimate of drug-likeness (QED) is 0.708. The molecule has 2 aliphatic heterocycles. The molecule has 0 radical (unpaired) electrons. The lowest BCUT2D eigenvalue weighted by molar-refractivity contribution is -0.174. The maximum atomic E-state index is 12.4. The zero-order valence-corrected chi connectivity index (χ0v) is 13.7. The van der Waals surface area contributed by atoms with Crippen molar-refractivity contribution in [3.8, 4) is 0 Å². The Morgan fingerprint density at radius 1 is 1.42 bits per heavy atom. The van der Waals surface area contributed by atoms with Gasteiger partial charge in [-0.3, -0.25) is 9.59 Å². The number of aromatic nitrogens is 1. The second-order valence-corrected chi connectivity index (χ2v) is 6.18. The van der Waals surface area contributed by atoms with E-state index in [1.165, 1.54) is 0 Å². The lowest BCUT2D eigenvalue weighted by Crippen LogP contribution is -2.44. The second kappa shape index (κ2) is 6.89. The number of carbonyl (C=O) groups is 2. The number of halogens is 3. The normalized spacial score (nSPS) is 19.3. The van der Waals surface area contributed by atoms with E-state index < -0.39 is 24.1 Å². The molecule has 0 aromatic carbocycles. The van der Waals surface area contributed by atoms with E-state index in [2.05, 4.69) is 10.3 Å². The van der Waals surface area contributed by atoms with E-state index in [1.807, 2.05) is 10.2 Å². The van der Waals surface area contributed by atoms with Gasteiger partial charge in [0.2, 0.25) is 0 Å². The molecular formula is C15H18F3N5O3.